The van der Waals surface area contributed by atoms with Crippen molar-refractivity contribution in [2.24, 2.45) is 5.41 Å². The van der Waals surface area contributed by atoms with Crippen LogP contribution in [0.15, 0.2) is 36.8 Å². The van der Waals surface area contributed by atoms with E-state index >= 15 is 0 Å². The molecule has 8 nitrogen and oxygen atoms in total. The lowest BCUT2D eigenvalue weighted by Gasteiger charge is -2.59. The third kappa shape index (κ3) is 3.26. The van der Waals surface area contributed by atoms with Crippen LogP contribution in [-0.4, -0.2) is 62.0 Å². The summed E-state index contributed by atoms with van der Waals surface area (Å²) < 4.78 is 8.00. The SMILES string of the molecule is Clc1ccc2c(c1)CN([C@H]1CCOC1)Cc1nnc(C3CC4(C3)CN(c3ccncn3)C4)n1-2. The number of hydrogen-bond acceptors (Lipinski definition) is 7. The molecule has 0 amide bonds. The molecule has 3 aliphatic heterocycles. The van der Waals surface area contributed by atoms with Crippen molar-refractivity contribution in [3.05, 3.63) is 59.0 Å². The van der Waals surface area contributed by atoms with Crippen LogP contribution in [0, 0.1) is 5.41 Å². The van der Waals surface area contributed by atoms with Crippen LogP contribution in [0.4, 0.5) is 5.82 Å². The summed E-state index contributed by atoms with van der Waals surface area (Å²) in [7, 11) is 0. The van der Waals surface area contributed by atoms with E-state index in [0.29, 0.717) is 17.4 Å². The summed E-state index contributed by atoms with van der Waals surface area (Å²) >= 11 is 6.41. The average Bonchev–Trinajstić information content (AvgIpc) is 3.41. The van der Waals surface area contributed by atoms with Crippen LogP contribution in [-0.2, 0) is 17.8 Å². The van der Waals surface area contributed by atoms with Crippen molar-refractivity contribution in [2.75, 3.05) is 31.2 Å². The Morgan fingerprint density at radius 2 is 2.00 bits per heavy atom. The van der Waals surface area contributed by atoms with Gasteiger partial charge in [-0.2, -0.15) is 0 Å². The van der Waals surface area contributed by atoms with E-state index in [1.807, 2.05) is 18.3 Å². The minimum atomic E-state index is 0.378. The number of nitrogens with zero attached hydrogens (tertiary/aromatic N) is 7. The lowest BCUT2D eigenvalue weighted by Crippen LogP contribution is -2.62. The van der Waals surface area contributed by atoms with Crippen molar-refractivity contribution in [1.82, 2.24) is 29.6 Å². The fourth-order valence-corrected chi connectivity index (χ4v) is 6.40. The summed E-state index contributed by atoms with van der Waals surface area (Å²) in [4.78, 5) is 13.3. The first-order valence-corrected chi connectivity index (χ1v) is 12.1. The predicted molar refractivity (Wildman–Crippen MR) is 123 cm³/mol. The molecule has 3 fully saturated rings. The standard InChI is InChI=1S/C24H26ClN7O/c25-18-1-2-20-16(7-18)10-30(19-4-6-33-12-19)11-22-28-29-23(32(20)22)17-8-24(9-17)13-31(14-24)21-3-5-26-15-27-21/h1-3,5,7,15,17,19H,4,6,8-14H2/t19-/m0/s1. The molecule has 1 aromatic carbocycles. The molecule has 1 aliphatic carbocycles. The molecule has 3 aromatic rings. The van der Waals surface area contributed by atoms with Gasteiger partial charge in [0.1, 0.15) is 18.0 Å². The molecule has 33 heavy (non-hydrogen) atoms. The Morgan fingerprint density at radius 1 is 1.09 bits per heavy atom. The highest BCUT2D eigenvalue weighted by Crippen LogP contribution is 2.56. The largest absolute Gasteiger partial charge is 0.380 e. The highest BCUT2D eigenvalue weighted by Gasteiger charge is 2.54. The van der Waals surface area contributed by atoms with Gasteiger partial charge in [-0.25, -0.2) is 9.97 Å². The summed E-state index contributed by atoms with van der Waals surface area (Å²) in [5.74, 6) is 3.58. The van der Waals surface area contributed by atoms with Gasteiger partial charge in [0.05, 0.1) is 18.8 Å². The van der Waals surface area contributed by atoms with Crippen molar-refractivity contribution in [2.45, 2.75) is 44.3 Å². The van der Waals surface area contributed by atoms with Gasteiger partial charge in [-0.15, -0.1) is 10.2 Å². The van der Waals surface area contributed by atoms with E-state index < -0.39 is 0 Å². The van der Waals surface area contributed by atoms with Crippen molar-refractivity contribution in [1.29, 1.82) is 0 Å². The zero-order valence-electron chi connectivity index (χ0n) is 18.4. The zero-order chi connectivity index (χ0) is 22.0. The van der Waals surface area contributed by atoms with Crippen LogP contribution in [0.2, 0.25) is 5.02 Å². The minimum Gasteiger partial charge on any atom is -0.380 e. The van der Waals surface area contributed by atoms with Gasteiger partial charge in [-0.05, 0) is 49.1 Å². The van der Waals surface area contributed by atoms with Crippen molar-refractivity contribution in [3.63, 3.8) is 0 Å². The van der Waals surface area contributed by atoms with Gasteiger partial charge in [0.2, 0.25) is 0 Å². The lowest BCUT2D eigenvalue weighted by molar-refractivity contribution is 0.0581. The van der Waals surface area contributed by atoms with E-state index in [-0.39, 0.29) is 0 Å². The molecule has 1 saturated carbocycles. The van der Waals surface area contributed by atoms with Gasteiger partial charge >= 0.3 is 0 Å². The van der Waals surface area contributed by atoms with Gasteiger partial charge in [0.15, 0.2) is 5.82 Å². The van der Waals surface area contributed by atoms with E-state index in [9.17, 15) is 0 Å². The van der Waals surface area contributed by atoms with Gasteiger partial charge in [0, 0.05) is 54.8 Å². The van der Waals surface area contributed by atoms with E-state index in [1.54, 1.807) is 6.33 Å². The van der Waals surface area contributed by atoms with Gasteiger partial charge in [-0.3, -0.25) is 9.47 Å². The molecule has 0 bridgehead atoms. The number of hydrogen-bond donors (Lipinski definition) is 0. The molecule has 5 heterocycles. The third-order valence-corrected chi connectivity index (χ3v) is 8.08. The number of anilines is 1. The third-order valence-electron chi connectivity index (χ3n) is 7.84. The van der Waals surface area contributed by atoms with Crippen molar-refractivity contribution >= 4 is 17.4 Å². The molecule has 0 unspecified atom stereocenters. The fraction of sp³-hybridized carbons (Fsp3) is 0.500. The Bertz CT molecular complexity index is 1180. The molecule has 4 aliphatic rings. The van der Waals surface area contributed by atoms with E-state index in [0.717, 1.165) is 81.1 Å². The van der Waals surface area contributed by atoms with Crippen molar-refractivity contribution < 1.29 is 4.74 Å². The van der Waals surface area contributed by atoms with Gasteiger partial charge < -0.3 is 9.64 Å². The summed E-state index contributed by atoms with van der Waals surface area (Å²) in [5.41, 5.74) is 2.79. The maximum atomic E-state index is 6.41. The first kappa shape index (κ1) is 19.9. The van der Waals surface area contributed by atoms with E-state index in [1.165, 1.54) is 11.3 Å². The Balaban J connectivity index is 1.16. The molecule has 7 rings (SSSR count). The van der Waals surface area contributed by atoms with Crippen LogP contribution in [0.1, 0.15) is 42.4 Å². The maximum absolute atomic E-state index is 6.41. The zero-order valence-corrected chi connectivity index (χ0v) is 19.2. The quantitative estimate of drug-likeness (QED) is 0.590. The van der Waals surface area contributed by atoms with E-state index in [4.69, 9.17) is 21.4 Å². The molecular weight excluding hydrogens is 438 g/mol. The number of ether oxygens (including phenoxy) is 1. The highest BCUT2D eigenvalue weighted by molar-refractivity contribution is 6.30. The molecule has 170 valence electrons. The topological polar surface area (TPSA) is 72.2 Å². The fourth-order valence-electron chi connectivity index (χ4n) is 6.21. The highest BCUT2D eigenvalue weighted by atomic mass is 35.5. The number of aromatic nitrogens is 5. The number of fused-ring (bicyclic) bond motifs is 3. The van der Waals surface area contributed by atoms with Crippen molar-refractivity contribution in [3.8, 4) is 5.69 Å². The Kier molecular flexibility index (Phi) is 4.51. The predicted octanol–water partition coefficient (Wildman–Crippen LogP) is 3.20. The van der Waals surface area contributed by atoms with Crippen LogP contribution >= 0.6 is 11.6 Å². The maximum Gasteiger partial charge on any atom is 0.151 e. The Morgan fingerprint density at radius 3 is 2.79 bits per heavy atom. The second-order valence-electron chi connectivity index (χ2n) is 10.0. The molecule has 0 radical (unpaired) electrons. The molecule has 9 heteroatoms. The average molecular weight is 464 g/mol. The van der Waals surface area contributed by atoms with E-state index in [2.05, 4.69) is 41.6 Å². The summed E-state index contributed by atoms with van der Waals surface area (Å²) in [5, 5.41) is 10.2. The monoisotopic (exact) mass is 463 g/mol. The minimum absolute atomic E-state index is 0.378. The van der Waals surface area contributed by atoms with Gasteiger partial charge in [-0.1, -0.05) is 11.6 Å². The Labute approximate surface area is 197 Å². The lowest BCUT2D eigenvalue weighted by atomic mass is 9.57. The molecule has 2 aromatic heterocycles. The number of benzene rings is 1. The smallest absolute Gasteiger partial charge is 0.151 e. The Hall–Kier alpha value is -2.55. The second-order valence-corrected chi connectivity index (χ2v) is 10.5. The van der Waals surface area contributed by atoms with Gasteiger partial charge in [0.25, 0.3) is 0 Å². The number of rotatable bonds is 3. The summed E-state index contributed by atoms with van der Waals surface area (Å²) in [6, 6.07) is 8.63. The number of halogens is 1. The second kappa shape index (κ2) is 7.48. The van der Waals surface area contributed by atoms with Crippen LogP contribution in [0.25, 0.3) is 5.69 Å². The first-order chi connectivity index (χ1) is 16.2. The van der Waals surface area contributed by atoms with Crippen LogP contribution in [0.3, 0.4) is 0 Å². The molecule has 0 N–H and O–H groups in total. The molecule has 1 atom stereocenters. The summed E-state index contributed by atoms with van der Waals surface area (Å²) in [6.45, 7) is 5.37. The summed E-state index contributed by atoms with van der Waals surface area (Å²) in [6.07, 6.45) is 6.80. The van der Waals surface area contributed by atoms with Crippen LogP contribution < -0.4 is 4.90 Å². The first-order valence-electron chi connectivity index (χ1n) is 11.7. The molecule has 2 saturated heterocycles. The molecule has 1 spiro atoms. The van der Waals surface area contributed by atoms with Crippen LogP contribution in [0.5, 0.6) is 0 Å². The normalized spacial score (nSPS) is 24.2. The molecular formula is C24H26ClN7O.